The standard InChI is InChI=1S/C12H8Cl3N5O/c13-7-9(16)8(14)11(15)19-10(7)12(21)20-18-5-6-3-1-2-4-17-6/h1-5H,(H2,16,19)(H,20,21)/b18-5+. The first-order valence-electron chi connectivity index (χ1n) is 5.55. The Kier molecular flexibility index (Phi) is 4.95. The van der Waals surface area contributed by atoms with E-state index in [-0.39, 0.29) is 26.6 Å². The zero-order valence-electron chi connectivity index (χ0n) is 10.3. The van der Waals surface area contributed by atoms with Gasteiger partial charge in [0, 0.05) is 6.20 Å². The number of nitrogen functional groups attached to an aromatic ring is 1. The van der Waals surface area contributed by atoms with Crippen molar-refractivity contribution < 1.29 is 4.79 Å². The molecule has 0 fully saturated rings. The van der Waals surface area contributed by atoms with Crippen LogP contribution in [0.2, 0.25) is 15.2 Å². The Hall–Kier alpha value is -1.89. The van der Waals surface area contributed by atoms with Gasteiger partial charge in [-0.25, -0.2) is 10.4 Å². The van der Waals surface area contributed by atoms with Crippen molar-refractivity contribution in [2.75, 3.05) is 5.73 Å². The van der Waals surface area contributed by atoms with E-state index in [4.69, 9.17) is 40.5 Å². The molecule has 6 nitrogen and oxygen atoms in total. The monoisotopic (exact) mass is 343 g/mol. The van der Waals surface area contributed by atoms with Crippen LogP contribution >= 0.6 is 34.8 Å². The van der Waals surface area contributed by atoms with Crippen LogP contribution in [0.4, 0.5) is 5.69 Å². The van der Waals surface area contributed by atoms with E-state index in [1.54, 1.807) is 24.4 Å². The molecule has 2 aromatic heterocycles. The van der Waals surface area contributed by atoms with Gasteiger partial charge < -0.3 is 5.73 Å². The van der Waals surface area contributed by atoms with Crippen molar-refractivity contribution in [2.24, 2.45) is 5.10 Å². The van der Waals surface area contributed by atoms with Crippen molar-refractivity contribution in [2.45, 2.75) is 0 Å². The molecule has 0 aliphatic heterocycles. The van der Waals surface area contributed by atoms with Crippen LogP contribution in [0.15, 0.2) is 29.5 Å². The molecule has 0 aromatic carbocycles. The number of hydrogen-bond acceptors (Lipinski definition) is 5. The highest BCUT2D eigenvalue weighted by Crippen LogP contribution is 2.34. The van der Waals surface area contributed by atoms with Crippen molar-refractivity contribution in [3.63, 3.8) is 0 Å². The Balaban J connectivity index is 2.16. The largest absolute Gasteiger partial charge is 0.396 e. The van der Waals surface area contributed by atoms with Crippen molar-refractivity contribution in [1.82, 2.24) is 15.4 Å². The third-order valence-electron chi connectivity index (χ3n) is 2.34. The number of anilines is 1. The molecular formula is C12H8Cl3N5O. The van der Waals surface area contributed by atoms with Crippen LogP contribution in [0.3, 0.4) is 0 Å². The van der Waals surface area contributed by atoms with E-state index in [9.17, 15) is 4.79 Å². The summed E-state index contributed by atoms with van der Waals surface area (Å²) in [6.07, 6.45) is 2.97. The topological polar surface area (TPSA) is 93.3 Å². The quantitative estimate of drug-likeness (QED) is 0.508. The molecule has 0 radical (unpaired) electrons. The van der Waals surface area contributed by atoms with Gasteiger partial charge in [-0.2, -0.15) is 5.10 Å². The lowest BCUT2D eigenvalue weighted by molar-refractivity contribution is 0.0950. The summed E-state index contributed by atoms with van der Waals surface area (Å²) in [7, 11) is 0. The second-order valence-electron chi connectivity index (χ2n) is 3.75. The van der Waals surface area contributed by atoms with Crippen LogP contribution in [0.1, 0.15) is 16.2 Å². The van der Waals surface area contributed by atoms with Gasteiger partial charge in [0.05, 0.1) is 22.6 Å². The van der Waals surface area contributed by atoms with Crippen LogP contribution < -0.4 is 11.2 Å². The fraction of sp³-hybridized carbons (Fsp3) is 0. The molecule has 0 saturated carbocycles. The van der Waals surface area contributed by atoms with Gasteiger partial charge in [-0.3, -0.25) is 9.78 Å². The first-order chi connectivity index (χ1) is 10.0. The molecule has 2 aromatic rings. The maximum absolute atomic E-state index is 11.9. The molecule has 0 aliphatic rings. The molecule has 0 atom stereocenters. The maximum Gasteiger partial charge on any atom is 0.291 e. The first kappa shape index (κ1) is 15.5. The summed E-state index contributed by atoms with van der Waals surface area (Å²) in [6, 6.07) is 5.27. The number of carbonyl (C=O) groups is 1. The van der Waals surface area contributed by atoms with Gasteiger partial charge in [0.2, 0.25) is 0 Å². The van der Waals surface area contributed by atoms with E-state index in [0.29, 0.717) is 5.69 Å². The molecule has 0 bridgehead atoms. The van der Waals surface area contributed by atoms with E-state index in [1.807, 2.05) is 0 Å². The fourth-order valence-corrected chi connectivity index (χ4v) is 1.94. The van der Waals surface area contributed by atoms with Gasteiger partial charge in [0.25, 0.3) is 5.91 Å². The fourth-order valence-electron chi connectivity index (χ4n) is 1.34. The van der Waals surface area contributed by atoms with Crippen LogP contribution in [0.25, 0.3) is 0 Å². The lowest BCUT2D eigenvalue weighted by atomic mass is 10.3. The Morgan fingerprint density at radius 1 is 1.29 bits per heavy atom. The number of nitrogens with two attached hydrogens (primary N) is 1. The first-order valence-corrected chi connectivity index (χ1v) is 6.68. The highest BCUT2D eigenvalue weighted by Gasteiger charge is 2.19. The van der Waals surface area contributed by atoms with Crippen LogP contribution in [-0.4, -0.2) is 22.1 Å². The zero-order chi connectivity index (χ0) is 15.4. The highest BCUT2D eigenvalue weighted by molar-refractivity contribution is 6.46. The van der Waals surface area contributed by atoms with Crippen molar-refractivity contribution in [3.8, 4) is 0 Å². The average Bonchev–Trinajstić information content (AvgIpc) is 2.49. The second kappa shape index (κ2) is 6.71. The van der Waals surface area contributed by atoms with Gasteiger partial charge in [-0.1, -0.05) is 40.9 Å². The minimum absolute atomic E-state index is 0.00444. The number of hydrogen-bond donors (Lipinski definition) is 2. The molecule has 0 spiro atoms. The van der Waals surface area contributed by atoms with Gasteiger partial charge >= 0.3 is 0 Å². The highest BCUT2D eigenvalue weighted by atomic mass is 35.5. The smallest absolute Gasteiger partial charge is 0.291 e. The summed E-state index contributed by atoms with van der Waals surface area (Å²) in [5.41, 5.74) is 8.27. The Labute approximate surface area is 134 Å². The summed E-state index contributed by atoms with van der Waals surface area (Å²) in [4.78, 5) is 19.7. The zero-order valence-corrected chi connectivity index (χ0v) is 12.6. The number of pyridine rings is 2. The van der Waals surface area contributed by atoms with E-state index >= 15 is 0 Å². The number of aromatic nitrogens is 2. The number of rotatable bonds is 3. The summed E-state index contributed by atoms with van der Waals surface area (Å²) in [5.74, 6) is -0.669. The minimum Gasteiger partial charge on any atom is -0.396 e. The van der Waals surface area contributed by atoms with Gasteiger partial charge in [-0.05, 0) is 12.1 Å². The molecule has 3 N–H and O–H groups in total. The summed E-state index contributed by atoms with van der Waals surface area (Å²) >= 11 is 17.4. The predicted octanol–water partition coefficient (Wildman–Crippen LogP) is 2.78. The Morgan fingerprint density at radius 3 is 2.71 bits per heavy atom. The molecule has 0 aliphatic carbocycles. The Bertz CT molecular complexity index is 706. The number of nitrogens with one attached hydrogen (secondary N) is 1. The van der Waals surface area contributed by atoms with Gasteiger partial charge in [0.1, 0.15) is 5.02 Å². The van der Waals surface area contributed by atoms with Crippen LogP contribution in [-0.2, 0) is 0 Å². The Morgan fingerprint density at radius 2 is 2.05 bits per heavy atom. The second-order valence-corrected chi connectivity index (χ2v) is 4.86. The van der Waals surface area contributed by atoms with Gasteiger partial charge in [0.15, 0.2) is 10.8 Å². The predicted molar refractivity (Wildman–Crippen MR) is 83.0 cm³/mol. The van der Waals surface area contributed by atoms with E-state index in [0.717, 1.165) is 0 Å². The summed E-state index contributed by atoms with van der Waals surface area (Å²) in [5, 5.41) is 3.53. The van der Waals surface area contributed by atoms with E-state index in [1.165, 1.54) is 6.21 Å². The van der Waals surface area contributed by atoms with E-state index < -0.39 is 5.91 Å². The molecule has 2 heterocycles. The molecule has 21 heavy (non-hydrogen) atoms. The molecule has 108 valence electrons. The minimum atomic E-state index is -0.669. The maximum atomic E-state index is 11.9. The summed E-state index contributed by atoms with van der Waals surface area (Å²) < 4.78 is 0. The average molecular weight is 345 g/mol. The summed E-state index contributed by atoms with van der Waals surface area (Å²) in [6.45, 7) is 0. The molecule has 0 unspecified atom stereocenters. The number of amides is 1. The number of hydrazone groups is 1. The molecule has 2 rings (SSSR count). The van der Waals surface area contributed by atoms with Crippen molar-refractivity contribution in [3.05, 3.63) is 51.0 Å². The molecule has 0 saturated heterocycles. The normalized spacial score (nSPS) is 10.8. The number of carbonyl (C=O) groups excluding carboxylic acids is 1. The number of halogens is 3. The third kappa shape index (κ3) is 3.60. The third-order valence-corrected chi connectivity index (χ3v) is 3.47. The SMILES string of the molecule is Nc1c(Cl)c(Cl)nc(C(=O)N/N=C/c2ccccn2)c1Cl. The molecule has 9 heteroatoms. The van der Waals surface area contributed by atoms with E-state index in [2.05, 4.69) is 20.5 Å². The number of nitrogens with zero attached hydrogens (tertiary/aromatic N) is 3. The van der Waals surface area contributed by atoms with Crippen molar-refractivity contribution in [1.29, 1.82) is 0 Å². The van der Waals surface area contributed by atoms with Gasteiger partial charge in [-0.15, -0.1) is 0 Å². The lowest BCUT2D eigenvalue weighted by Gasteiger charge is -2.07. The molecule has 1 amide bonds. The molecular weight excluding hydrogens is 337 g/mol. The van der Waals surface area contributed by atoms with Crippen LogP contribution in [0, 0.1) is 0 Å². The van der Waals surface area contributed by atoms with Crippen LogP contribution in [0.5, 0.6) is 0 Å². The lowest BCUT2D eigenvalue weighted by Crippen LogP contribution is -2.20. The van der Waals surface area contributed by atoms with Crippen molar-refractivity contribution >= 4 is 52.6 Å².